The van der Waals surface area contributed by atoms with Crippen LogP contribution in [-0.4, -0.2) is 29.2 Å². The van der Waals surface area contributed by atoms with Gasteiger partial charge in [0.2, 0.25) is 6.29 Å². The number of aliphatic hydroxyl groups is 2. The van der Waals surface area contributed by atoms with Crippen molar-refractivity contribution in [3.8, 4) is 0 Å². The highest BCUT2D eigenvalue weighted by molar-refractivity contribution is 5.76. The van der Waals surface area contributed by atoms with Gasteiger partial charge in [-0.05, 0) is 13.8 Å². The number of hydrogen-bond donors (Lipinski definition) is 2. The molecule has 1 radical (unpaired) electrons. The average Bonchev–Trinajstić information content (AvgIpc) is 1.88. The zero-order chi connectivity index (χ0) is 8.85. The lowest BCUT2D eigenvalue weighted by molar-refractivity contribution is 0.164. The molecule has 0 bridgehead atoms. The van der Waals surface area contributed by atoms with Gasteiger partial charge >= 0.3 is 0 Å². The van der Waals surface area contributed by atoms with Crippen LogP contribution in [0.2, 0.25) is 0 Å². The summed E-state index contributed by atoms with van der Waals surface area (Å²) in [7, 11) is 0. The third-order valence-electron chi connectivity index (χ3n) is 1.38. The van der Waals surface area contributed by atoms with Crippen molar-refractivity contribution >= 4 is 6.29 Å². The SMILES string of the molecule is CC(C)=C([C]=O)C(O)CCO. The summed E-state index contributed by atoms with van der Waals surface area (Å²) in [4.78, 5) is 10.2. The molecule has 1 atom stereocenters. The van der Waals surface area contributed by atoms with E-state index in [1.165, 1.54) is 0 Å². The predicted octanol–water partition coefficient (Wildman–Crippen LogP) is 0.176. The normalized spacial score (nSPS) is 12.4. The maximum atomic E-state index is 10.2. The van der Waals surface area contributed by atoms with Crippen molar-refractivity contribution in [1.29, 1.82) is 0 Å². The number of allylic oxidation sites excluding steroid dienone is 1. The second kappa shape index (κ2) is 5.04. The smallest absolute Gasteiger partial charge is 0.231 e. The highest BCUT2D eigenvalue weighted by atomic mass is 16.3. The quantitative estimate of drug-likeness (QED) is 0.572. The largest absolute Gasteiger partial charge is 0.396 e. The van der Waals surface area contributed by atoms with E-state index in [9.17, 15) is 9.90 Å². The van der Waals surface area contributed by atoms with Crippen LogP contribution in [0.1, 0.15) is 20.3 Å². The Morgan fingerprint density at radius 1 is 1.55 bits per heavy atom. The van der Waals surface area contributed by atoms with Gasteiger partial charge in [0.1, 0.15) is 0 Å². The first-order valence-corrected chi connectivity index (χ1v) is 3.48. The van der Waals surface area contributed by atoms with Gasteiger partial charge in [-0.15, -0.1) is 0 Å². The molecule has 1 unspecified atom stereocenters. The van der Waals surface area contributed by atoms with Crippen molar-refractivity contribution in [1.82, 2.24) is 0 Å². The minimum absolute atomic E-state index is 0.125. The second-order valence-corrected chi connectivity index (χ2v) is 2.54. The van der Waals surface area contributed by atoms with Crippen LogP contribution >= 0.6 is 0 Å². The molecule has 0 aromatic rings. The Bertz CT molecular complexity index is 157. The van der Waals surface area contributed by atoms with Gasteiger partial charge in [0.25, 0.3) is 0 Å². The molecule has 0 aliphatic heterocycles. The van der Waals surface area contributed by atoms with E-state index in [0.717, 1.165) is 5.57 Å². The molecule has 0 aromatic carbocycles. The molecular weight excluding hydrogens is 144 g/mol. The summed E-state index contributed by atoms with van der Waals surface area (Å²) in [6.45, 7) is 3.32. The van der Waals surface area contributed by atoms with Crippen molar-refractivity contribution in [2.75, 3.05) is 6.61 Å². The summed E-state index contributed by atoms with van der Waals surface area (Å²) in [5.74, 6) is 0. The van der Waals surface area contributed by atoms with Crippen LogP contribution in [0.3, 0.4) is 0 Å². The maximum Gasteiger partial charge on any atom is 0.231 e. The third-order valence-corrected chi connectivity index (χ3v) is 1.38. The Morgan fingerprint density at radius 2 is 2.09 bits per heavy atom. The molecule has 0 saturated carbocycles. The molecule has 0 heterocycles. The molecule has 0 saturated heterocycles. The van der Waals surface area contributed by atoms with Crippen molar-refractivity contribution in [3.05, 3.63) is 11.1 Å². The van der Waals surface area contributed by atoms with Gasteiger partial charge < -0.3 is 10.2 Å². The molecule has 11 heavy (non-hydrogen) atoms. The molecule has 63 valence electrons. The van der Waals surface area contributed by atoms with Crippen molar-refractivity contribution in [3.63, 3.8) is 0 Å². The van der Waals surface area contributed by atoms with E-state index in [1.807, 2.05) is 0 Å². The van der Waals surface area contributed by atoms with Crippen molar-refractivity contribution < 1.29 is 15.0 Å². The number of rotatable bonds is 4. The molecule has 2 N–H and O–H groups in total. The fourth-order valence-electron chi connectivity index (χ4n) is 0.770. The van der Waals surface area contributed by atoms with Crippen molar-refractivity contribution in [2.45, 2.75) is 26.4 Å². The maximum absolute atomic E-state index is 10.2. The second-order valence-electron chi connectivity index (χ2n) is 2.54. The van der Waals surface area contributed by atoms with Crippen LogP contribution < -0.4 is 0 Å². The van der Waals surface area contributed by atoms with E-state index in [0.29, 0.717) is 0 Å². The Kier molecular flexibility index (Phi) is 4.74. The Morgan fingerprint density at radius 3 is 2.36 bits per heavy atom. The van der Waals surface area contributed by atoms with E-state index < -0.39 is 6.10 Å². The fourth-order valence-corrected chi connectivity index (χ4v) is 0.770. The fraction of sp³-hybridized carbons (Fsp3) is 0.625. The standard InChI is InChI=1S/C8H13O3/c1-6(2)7(5-10)8(11)3-4-9/h8-9,11H,3-4H2,1-2H3. The molecule has 0 rings (SSSR count). The van der Waals surface area contributed by atoms with Crippen LogP contribution in [0.15, 0.2) is 11.1 Å². The summed E-state index contributed by atoms with van der Waals surface area (Å²) >= 11 is 0. The van der Waals surface area contributed by atoms with Gasteiger partial charge in [-0.3, -0.25) is 4.79 Å². The molecule has 0 amide bonds. The zero-order valence-corrected chi connectivity index (χ0v) is 6.79. The molecule has 0 fully saturated rings. The third kappa shape index (κ3) is 3.30. The minimum atomic E-state index is -0.873. The monoisotopic (exact) mass is 157 g/mol. The van der Waals surface area contributed by atoms with E-state index in [-0.39, 0.29) is 18.6 Å². The summed E-state index contributed by atoms with van der Waals surface area (Å²) in [5.41, 5.74) is 0.986. The van der Waals surface area contributed by atoms with Gasteiger partial charge in [0.05, 0.1) is 6.10 Å². The van der Waals surface area contributed by atoms with Crippen LogP contribution in [-0.2, 0) is 4.79 Å². The average molecular weight is 157 g/mol. The van der Waals surface area contributed by atoms with E-state index in [1.54, 1.807) is 20.1 Å². The summed E-state index contributed by atoms with van der Waals surface area (Å²) < 4.78 is 0. The van der Waals surface area contributed by atoms with E-state index in [4.69, 9.17) is 5.11 Å². The molecule has 0 aromatic heterocycles. The van der Waals surface area contributed by atoms with Crippen LogP contribution in [0.4, 0.5) is 0 Å². The predicted molar refractivity (Wildman–Crippen MR) is 41.8 cm³/mol. The molecule has 0 spiro atoms. The minimum Gasteiger partial charge on any atom is -0.396 e. The number of aliphatic hydroxyl groups excluding tert-OH is 2. The van der Waals surface area contributed by atoms with Gasteiger partial charge in [0.15, 0.2) is 0 Å². The molecule has 3 heteroatoms. The molecule has 0 aliphatic rings. The lowest BCUT2D eigenvalue weighted by Gasteiger charge is -2.08. The van der Waals surface area contributed by atoms with Gasteiger partial charge in [-0.25, -0.2) is 0 Å². The van der Waals surface area contributed by atoms with Crippen LogP contribution in [0, 0.1) is 0 Å². The number of hydrogen-bond acceptors (Lipinski definition) is 3. The highest BCUT2D eigenvalue weighted by Gasteiger charge is 2.10. The first kappa shape index (κ1) is 10.3. The van der Waals surface area contributed by atoms with Gasteiger partial charge in [0, 0.05) is 18.6 Å². The summed E-state index contributed by atoms with van der Waals surface area (Å²) in [5, 5.41) is 17.6. The number of carbonyl (C=O) groups excluding carboxylic acids is 1. The molecule has 3 nitrogen and oxygen atoms in total. The summed E-state index contributed by atoms with van der Waals surface area (Å²) in [6, 6.07) is 0. The van der Waals surface area contributed by atoms with Crippen molar-refractivity contribution in [2.24, 2.45) is 0 Å². The topological polar surface area (TPSA) is 57.5 Å². The van der Waals surface area contributed by atoms with Gasteiger partial charge in [-0.2, -0.15) is 0 Å². The Balaban J connectivity index is 4.27. The summed E-state index contributed by atoms with van der Waals surface area (Å²) in [6.07, 6.45) is 0.972. The molecular formula is C8H13O3. The van der Waals surface area contributed by atoms with Crippen LogP contribution in [0.25, 0.3) is 0 Å². The first-order valence-electron chi connectivity index (χ1n) is 3.48. The molecule has 0 aliphatic carbocycles. The highest BCUT2D eigenvalue weighted by Crippen LogP contribution is 2.08. The first-order chi connectivity index (χ1) is 5.13. The zero-order valence-electron chi connectivity index (χ0n) is 6.79. The van der Waals surface area contributed by atoms with Gasteiger partial charge in [-0.1, -0.05) is 5.57 Å². The lowest BCUT2D eigenvalue weighted by atomic mass is 10.0. The lowest BCUT2D eigenvalue weighted by Crippen LogP contribution is -2.14. The van der Waals surface area contributed by atoms with Crippen LogP contribution in [0.5, 0.6) is 0 Å². The van der Waals surface area contributed by atoms with E-state index in [2.05, 4.69) is 0 Å². The Hall–Kier alpha value is -0.670. The Labute approximate surface area is 66.4 Å². The van der Waals surface area contributed by atoms with E-state index >= 15 is 0 Å².